The number of ether oxygens (including phenoxy) is 1. The summed E-state index contributed by atoms with van der Waals surface area (Å²) in [6.45, 7) is 1.38. The van der Waals surface area contributed by atoms with Crippen molar-refractivity contribution in [3.8, 4) is 23.0 Å². The van der Waals surface area contributed by atoms with Crippen LogP contribution in [0.1, 0.15) is 24.6 Å². The number of nitrogens with zero attached hydrogens (tertiary/aromatic N) is 2. The average molecular weight is 262 g/mol. The number of aromatic nitrogens is 2. The number of rotatable bonds is 2. The van der Waals surface area contributed by atoms with Crippen molar-refractivity contribution >= 4 is 0 Å². The molecule has 6 nitrogen and oxygen atoms in total. The number of phenols is 2. The number of benzene rings is 1. The summed E-state index contributed by atoms with van der Waals surface area (Å²) < 4.78 is 10.4. The van der Waals surface area contributed by atoms with Gasteiger partial charge in [-0.2, -0.15) is 4.98 Å². The van der Waals surface area contributed by atoms with Crippen LogP contribution in [0.2, 0.25) is 0 Å². The second-order valence-electron chi connectivity index (χ2n) is 4.52. The van der Waals surface area contributed by atoms with E-state index < -0.39 is 0 Å². The Bertz CT molecular complexity index is 556. The Balaban J connectivity index is 1.92. The van der Waals surface area contributed by atoms with Crippen molar-refractivity contribution in [3.63, 3.8) is 0 Å². The number of aromatic hydroxyl groups is 2. The maximum absolute atomic E-state index is 9.76. The Morgan fingerprint density at radius 3 is 2.47 bits per heavy atom. The maximum Gasteiger partial charge on any atom is 0.265 e. The molecule has 1 aliphatic heterocycles. The van der Waals surface area contributed by atoms with E-state index >= 15 is 0 Å². The van der Waals surface area contributed by atoms with E-state index in [-0.39, 0.29) is 28.9 Å². The van der Waals surface area contributed by atoms with Crippen LogP contribution >= 0.6 is 0 Å². The monoisotopic (exact) mass is 262 g/mol. The third-order valence-electron chi connectivity index (χ3n) is 3.26. The quantitative estimate of drug-likeness (QED) is 0.861. The summed E-state index contributed by atoms with van der Waals surface area (Å²) in [5.41, 5.74) is 0.174. The van der Waals surface area contributed by atoms with Gasteiger partial charge in [0.15, 0.2) is 5.82 Å². The van der Waals surface area contributed by atoms with E-state index in [0.29, 0.717) is 19.0 Å². The van der Waals surface area contributed by atoms with Gasteiger partial charge in [-0.05, 0) is 25.0 Å². The molecular weight excluding hydrogens is 248 g/mol. The van der Waals surface area contributed by atoms with Crippen LogP contribution in [-0.2, 0) is 4.74 Å². The molecule has 2 N–H and O–H groups in total. The molecule has 0 radical (unpaired) electrons. The fourth-order valence-corrected chi connectivity index (χ4v) is 2.21. The average Bonchev–Trinajstić information content (AvgIpc) is 2.89. The molecule has 1 aromatic carbocycles. The zero-order valence-corrected chi connectivity index (χ0v) is 10.2. The van der Waals surface area contributed by atoms with Gasteiger partial charge in [-0.15, -0.1) is 0 Å². The van der Waals surface area contributed by atoms with E-state index in [1.807, 2.05) is 0 Å². The van der Waals surface area contributed by atoms with Crippen LogP contribution in [0.4, 0.5) is 0 Å². The maximum atomic E-state index is 9.76. The lowest BCUT2D eigenvalue weighted by Gasteiger charge is -2.18. The van der Waals surface area contributed by atoms with Crippen molar-refractivity contribution < 1.29 is 19.5 Å². The molecule has 0 bridgehead atoms. The molecule has 2 aromatic rings. The predicted octanol–water partition coefficient (Wildman–Crippen LogP) is 2.04. The zero-order valence-electron chi connectivity index (χ0n) is 10.2. The van der Waals surface area contributed by atoms with Gasteiger partial charge < -0.3 is 19.5 Å². The van der Waals surface area contributed by atoms with Crippen molar-refractivity contribution in [1.29, 1.82) is 0 Å². The number of hydrogen-bond donors (Lipinski definition) is 2. The third kappa shape index (κ3) is 2.26. The van der Waals surface area contributed by atoms with Gasteiger partial charge in [0.25, 0.3) is 5.89 Å². The van der Waals surface area contributed by atoms with Gasteiger partial charge in [-0.3, -0.25) is 0 Å². The second-order valence-corrected chi connectivity index (χ2v) is 4.52. The minimum absolute atomic E-state index is 0.0813. The van der Waals surface area contributed by atoms with Gasteiger partial charge in [0.2, 0.25) is 0 Å². The summed E-state index contributed by atoms with van der Waals surface area (Å²) in [7, 11) is 0. The fraction of sp³-hybridized carbons (Fsp3) is 0.385. The van der Waals surface area contributed by atoms with E-state index in [4.69, 9.17) is 9.26 Å². The molecule has 0 unspecified atom stereocenters. The molecule has 1 aliphatic rings. The zero-order chi connectivity index (χ0) is 13.2. The van der Waals surface area contributed by atoms with Crippen LogP contribution in [0, 0.1) is 0 Å². The van der Waals surface area contributed by atoms with Crippen molar-refractivity contribution in [2.24, 2.45) is 0 Å². The highest BCUT2D eigenvalue weighted by Gasteiger charge is 2.23. The molecule has 0 spiro atoms. The molecule has 0 amide bonds. The Hall–Kier alpha value is -2.08. The van der Waals surface area contributed by atoms with Crippen LogP contribution in [-0.4, -0.2) is 33.6 Å². The van der Waals surface area contributed by atoms with Crippen molar-refractivity contribution in [2.45, 2.75) is 18.8 Å². The van der Waals surface area contributed by atoms with Gasteiger partial charge >= 0.3 is 0 Å². The van der Waals surface area contributed by atoms with E-state index in [0.717, 1.165) is 12.8 Å². The SMILES string of the molecule is Oc1cccc(O)c1-c1nc(C2CCOCC2)no1. The van der Waals surface area contributed by atoms with E-state index in [1.54, 1.807) is 6.07 Å². The lowest BCUT2D eigenvalue weighted by molar-refractivity contribution is 0.0830. The molecule has 2 heterocycles. The largest absolute Gasteiger partial charge is 0.507 e. The first-order chi connectivity index (χ1) is 9.25. The Kier molecular flexibility index (Phi) is 3.08. The highest BCUT2D eigenvalue weighted by Crippen LogP contribution is 2.36. The fourth-order valence-electron chi connectivity index (χ4n) is 2.21. The standard InChI is InChI=1S/C13H14N2O4/c16-9-2-1-3-10(17)11(9)13-14-12(15-19-13)8-4-6-18-7-5-8/h1-3,8,16-17H,4-7H2. The molecule has 1 saturated heterocycles. The highest BCUT2D eigenvalue weighted by molar-refractivity contribution is 5.69. The smallest absolute Gasteiger partial charge is 0.265 e. The van der Waals surface area contributed by atoms with Gasteiger partial charge in [0.05, 0.1) is 0 Å². The normalized spacial score (nSPS) is 16.6. The van der Waals surface area contributed by atoms with Gasteiger partial charge in [0, 0.05) is 19.1 Å². The molecular formula is C13H14N2O4. The minimum Gasteiger partial charge on any atom is -0.507 e. The summed E-state index contributed by atoms with van der Waals surface area (Å²) >= 11 is 0. The summed E-state index contributed by atoms with van der Waals surface area (Å²) in [6.07, 6.45) is 1.71. The highest BCUT2D eigenvalue weighted by atomic mass is 16.5. The lowest BCUT2D eigenvalue weighted by atomic mass is 10.00. The Morgan fingerprint density at radius 2 is 1.79 bits per heavy atom. The third-order valence-corrected chi connectivity index (χ3v) is 3.26. The number of hydrogen-bond acceptors (Lipinski definition) is 6. The van der Waals surface area contributed by atoms with Gasteiger partial charge in [0.1, 0.15) is 17.1 Å². The molecule has 0 saturated carbocycles. The van der Waals surface area contributed by atoms with Gasteiger partial charge in [-0.25, -0.2) is 0 Å². The number of phenolic OH excluding ortho intramolecular Hbond substituents is 2. The van der Waals surface area contributed by atoms with Crippen LogP contribution in [0.3, 0.4) is 0 Å². The van der Waals surface area contributed by atoms with Crippen molar-refractivity contribution in [1.82, 2.24) is 10.1 Å². The molecule has 1 fully saturated rings. The summed E-state index contributed by atoms with van der Waals surface area (Å²) in [6, 6.07) is 4.48. The molecule has 100 valence electrons. The Morgan fingerprint density at radius 1 is 1.11 bits per heavy atom. The molecule has 19 heavy (non-hydrogen) atoms. The summed E-state index contributed by atoms with van der Waals surface area (Å²) in [5.74, 6) is 0.779. The molecule has 0 atom stereocenters. The topological polar surface area (TPSA) is 88.6 Å². The first-order valence-electron chi connectivity index (χ1n) is 6.18. The van der Waals surface area contributed by atoms with Crippen LogP contribution in [0.5, 0.6) is 11.5 Å². The van der Waals surface area contributed by atoms with Crippen molar-refractivity contribution in [2.75, 3.05) is 13.2 Å². The molecule has 3 rings (SSSR count). The van der Waals surface area contributed by atoms with Crippen molar-refractivity contribution in [3.05, 3.63) is 24.0 Å². The lowest BCUT2D eigenvalue weighted by Crippen LogP contribution is -2.15. The summed E-state index contributed by atoms with van der Waals surface area (Å²) in [5, 5.41) is 23.4. The van der Waals surface area contributed by atoms with E-state index in [9.17, 15) is 10.2 Å². The van der Waals surface area contributed by atoms with E-state index in [2.05, 4.69) is 10.1 Å². The van der Waals surface area contributed by atoms with E-state index in [1.165, 1.54) is 12.1 Å². The Labute approximate surface area is 109 Å². The first-order valence-corrected chi connectivity index (χ1v) is 6.18. The molecule has 6 heteroatoms. The molecule has 0 aliphatic carbocycles. The molecule has 1 aromatic heterocycles. The first kappa shape index (κ1) is 12.0. The summed E-state index contributed by atoms with van der Waals surface area (Å²) in [4.78, 5) is 4.27. The van der Waals surface area contributed by atoms with Crippen LogP contribution in [0.25, 0.3) is 11.5 Å². The van der Waals surface area contributed by atoms with Gasteiger partial charge in [-0.1, -0.05) is 11.2 Å². The minimum atomic E-state index is -0.0813. The van der Waals surface area contributed by atoms with Crippen LogP contribution < -0.4 is 0 Å². The van der Waals surface area contributed by atoms with Crippen LogP contribution in [0.15, 0.2) is 22.7 Å². The predicted molar refractivity (Wildman–Crippen MR) is 65.9 cm³/mol. The second kappa shape index (κ2) is 4.89.